The first-order valence-electron chi connectivity index (χ1n) is 6.85. The van der Waals surface area contributed by atoms with Crippen LogP contribution in [-0.4, -0.2) is 11.0 Å². The Hall–Kier alpha value is -0.600. The molecule has 0 saturated heterocycles. The van der Waals surface area contributed by atoms with Gasteiger partial charge in [-0.15, -0.1) is 0 Å². The molecule has 0 heterocycles. The molecule has 3 nitrogen and oxygen atoms in total. The molecule has 96 valence electrons. The number of nitrogens with zero attached hydrogens (tertiary/aromatic N) is 1. The molecule has 0 aliphatic carbocycles. The first-order chi connectivity index (χ1) is 7.72. The van der Waals surface area contributed by atoms with E-state index in [9.17, 15) is 10.1 Å². The summed E-state index contributed by atoms with van der Waals surface area (Å²) < 4.78 is 0. The quantitative estimate of drug-likeness (QED) is 0.296. The van der Waals surface area contributed by atoms with Crippen molar-refractivity contribution in [2.24, 2.45) is 0 Å². The lowest BCUT2D eigenvalue weighted by atomic mass is 10.0. The van der Waals surface area contributed by atoms with Crippen molar-refractivity contribution in [2.75, 3.05) is 0 Å². The Morgan fingerprint density at radius 2 is 1.44 bits per heavy atom. The minimum Gasteiger partial charge on any atom is -0.264 e. The maximum Gasteiger partial charge on any atom is 0.212 e. The van der Waals surface area contributed by atoms with Crippen molar-refractivity contribution in [3.63, 3.8) is 0 Å². The molecule has 0 bridgehead atoms. The molecule has 1 atom stereocenters. The Morgan fingerprint density at radius 3 is 1.88 bits per heavy atom. The fourth-order valence-corrected chi connectivity index (χ4v) is 1.97. The molecule has 0 aliphatic rings. The average Bonchev–Trinajstić information content (AvgIpc) is 2.26. The smallest absolute Gasteiger partial charge is 0.212 e. The average molecular weight is 229 g/mol. The number of nitro groups is 1. The van der Waals surface area contributed by atoms with Gasteiger partial charge in [0.2, 0.25) is 6.04 Å². The largest absolute Gasteiger partial charge is 0.264 e. The van der Waals surface area contributed by atoms with E-state index in [0.717, 1.165) is 19.3 Å². The molecule has 0 spiro atoms. The first-order valence-corrected chi connectivity index (χ1v) is 6.85. The van der Waals surface area contributed by atoms with Crippen LogP contribution in [0.1, 0.15) is 78.1 Å². The van der Waals surface area contributed by atoms with Gasteiger partial charge in [-0.25, -0.2) is 0 Å². The predicted molar refractivity (Wildman–Crippen MR) is 68.3 cm³/mol. The fraction of sp³-hybridized carbons (Fsp3) is 1.00. The predicted octanol–water partition coefficient (Wildman–Crippen LogP) is 4.57. The standard InChI is InChI=1S/C13H27NO2/c1-3-5-6-7-8-9-10-11-12-13(4-2)14(15)16/h13H,3-12H2,1-2H3. The van der Waals surface area contributed by atoms with Crippen molar-refractivity contribution in [1.82, 2.24) is 0 Å². The molecule has 0 fully saturated rings. The summed E-state index contributed by atoms with van der Waals surface area (Å²) >= 11 is 0. The zero-order valence-electron chi connectivity index (χ0n) is 10.9. The molecule has 3 heteroatoms. The number of unbranched alkanes of at least 4 members (excludes halogenated alkanes) is 7. The van der Waals surface area contributed by atoms with Gasteiger partial charge in [0.05, 0.1) is 0 Å². The van der Waals surface area contributed by atoms with Crippen LogP contribution in [0.2, 0.25) is 0 Å². The van der Waals surface area contributed by atoms with Crippen LogP contribution in [0.3, 0.4) is 0 Å². The van der Waals surface area contributed by atoms with Crippen LogP contribution in [0.25, 0.3) is 0 Å². The normalized spacial score (nSPS) is 12.6. The van der Waals surface area contributed by atoms with E-state index in [1.54, 1.807) is 0 Å². The van der Waals surface area contributed by atoms with Crippen molar-refractivity contribution >= 4 is 0 Å². The van der Waals surface area contributed by atoms with Gasteiger partial charge >= 0.3 is 0 Å². The lowest BCUT2D eigenvalue weighted by Gasteiger charge is -2.06. The number of hydrogen-bond donors (Lipinski definition) is 0. The first kappa shape index (κ1) is 15.4. The SMILES string of the molecule is CCCCCCCCCCC(CC)[N+](=O)[O-]. The molecule has 0 radical (unpaired) electrons. The van der Waals surface area contributed by atoms with Crippen LogP contribution in [0, 0.1) is 10.1 Å². The summed E-state index contributed by atoms with van der Waals surface area (Å²) in [6.07, 6.45) is 11.5. The van der Waals surface area contributed by atoms with Gasteiger partial charge in [0.15, 0.2) is 0 Å². The van der Waals surface area contributed by atoms with Crippen molar-refractivity contribution in [3.8, 4) is 0 Å². The van der Waals surface area contributed by atoms with Gasteiger partial charge in [-0.3, -0.25) is 10.1 Å². The second-order valence-electron chi connectivity index (χ2n) is 4.61. The molecular weight excluding hydrogens is 202 g/mol. The number of rotatable bonds is 11. The zero-order valence-corrected chi connectivity index (χ0v) is 10.9. The van der Waals surface area contributed by atoms with Crippen LogP contribution in [0.15, 0.2) is 0 Å². The van der Waals surface area contributed by atoms with Gasteiger partial charge in [0.1, 0.15) is 0 Å². The molecule has 16 heavy (non-hydrogen) atoms. The third-order valence-corrected chi connectivity index (χ3v) is 3.16. The summed E-state index contributed by atoms with van der Waals surface area (Å²) in [6.45, 7) is 4.13. The highest BCUT2D eigenvalue weighted by Crippen LogP contribution is 2.12. The van der Waals surface area contributed by atoms with E-state index in [2.05, 4.69) is 6.92 Å². The second kappa shape index (κ2) is 10.9. The molecule has 0 rings (SSSR count). The van der Waals surface area contributed by atoms with E-state index in [4.69, 9.17) is 0 Å². The zero-order chi connectivity index (χ0) is 12.2. The van der Waals surface area contributed by atoms with Crippen LogP contribution in [0.5, 0.6) is 0 Å². The Morgan fingerprint density at radius 1 is 0.938 bits per heavy atom. The molecule has 0 saturated carbocycles. The molecule has 1 unspecified atom stereocenters. The lowest BCUT2D eigenvalue weighted by Crippen LogP contribution is -2.17. The summed E-state index contributed by atoms with van der Waals surface area (Å²) in [5.74, 6) is 0. The summed E-state index contributed by atoms with van der Waals surface area (Å²) in [4.78, 5) is 10.5. The Balaban J connectivity index is 3.22. The molecular formula is C13H27NO2. The van der Waals surface area contributed by atoms with Crippen molar-refractivity contribution in [3.05, 3.63) is 10.1 Å². The third-order valence-electron chi connectivity index (χ3n) is 3.16. The van der Waals surface area contributed by atoms with E-state index in [0.29, 0.717) is 6.42 Å². The van der Waals surface area contributed by atoms with Crippen LogP contribution >= 0.6 is 0 Å². The van der Waals surface area contributed by atoms with Crippen LogP contribution < -0.4 is 0 Å². The lowest BCUT2D eigenvalue weighted by molar-refractivity contribution is -0.523. The van der Waals surface area contributed by atoms with E-state index in [1.165, 1.54) is 38.5 Å². The Bertz CT molecular complexity index is 171. The van der Waals surface area contributed by atoms with Crippen LogP contribution in [-0.2, 0) is 0 Å². The third kappa shape index (κ3) is 8.69. The molecule has 0 aromatic rings. The van der Waals surface area contributed by atoms with Gasteiger partial charge < -0.3 is 0 Å². The molecule has 0 aromatic carbocycles. The highest BCUT2D eigenvalue weighted by molar-refractivity contribution is 4.55. The van der Waals surface area contributed by atoms with Crippen LogP contribution in [0.4, 0.5) is 0 Å². The van der Waals surface area contributed by atoms with Gasteiger partial charge in [0, 0.05) is 17.8 Å². The molecule has 0 N–H and O–H groups in total. The van der Waals surface area contributed by atoms with Gasteiger partial charge in [-0.05, 0) is 6.42 Å². The maximum absolute atomic E-state index is 10.6. The van der Waals surface area contributed by atoms with Gasteiger partial charge in [-0.1, -0.05) is 58.8 Å². The van der Waals surface area contributed by atoms with Crippen molar-refractivity contribution in [1.29, 1.82) is 0 Å². The maximum atomic E-state index is 10.6. The molecule has 0 amide bonds. The molecule has 0 aromatic heterocycles. The highest BCUT2D eigenvalue weighted by Gasteiger charge is 2.15. The summed E-state index contributed by atoms with van der Waals surface area (Å²) in [6, 6.07) is -0.305. The fourth-order valence-electron chi connectivity index (χ4n) is 1.97. The Kier molecular flexibility index (Phi) is 10.5. The highest BCUT2D eigenvalue weighted by atomic mass is 16.6. The van der Waals surface area contributed by atoms with Gasteiger partial charge in [-0.2, -0.15) is 0 Å². The van der Waals surface area contributed by atoms with E-state index in [-0.39, 0.29) is 11.0 Å². The van der Waals surface area contributed by atoms with E-state index >= 15 is 0 Å². The van der Waals surface area contributed by atoms with Gasteiger partial charge in [0.25, 0.3) is 0 Å². The summed E-state index contributed by atoms with van der Waals surface area (Å²) in [5, 5.41) is 10.6. The summed E-state index contributed by atoms with van der Waals surface area (Å²) in [5.41, 5.74) is 0. The Labute approximate surface area is 99.8 Å². The van der Waals surface area contributed by atoms with Crippen molar-refractivity contribution in [2.45, 2.75) is 84.1 Å². The second-order valence-corrected chi connectivity index (χ2v) is 4.61. The van der Waals surface area contributed by atoms with E-state index in [1.807, 2.05) is 6.92 Å². The topological polar surface area (TPSA) is 43.1 Å². The molecule has 0 aliphatic heterocycles. The monoisotopic (exact) mass is 229 g/mol. The minimum atomic E-state index is -0.305. The number of hydrogen-bond acceptors (Lipinski definition) is 2. The minimum absolute atomic E-state index is 0.124. The van der Waals surface area contributed by atoms with Crippen molar-refractivity contribution < 1.29 is 4.92 Å². The van der Waals surface area contributed by atoms with E-state index < -0.39 is 0 Å². The summed E-state index contributed by atoms with van der Waals surface area (Å²) in [7, 11) is 0.